The molecule has 3 heterocycles. The van der Waals surface area contributed by atoms with Gasteiger partial charge in [-0.15, -0.1) is 0 Å². The molecule has 0 unspecified atom stereocenters. The van der Waals surface area contributed by atoms with E-state index in [1.54, 1.807) is 0 Å². The Bertz CT molecular complexity index is 2260. The number of nitrogens with zero attached hydrogens (tertiary/aromatic N) is 3. The van der Waals surface area contributed by atoms with Gasteiger partial charge >= 0.3 is 0 Å². The van der Waals surface area contributed by atoms with E-state index in [1.165, 1.54) is 27.8 Å². The zero-order valence-corrected chi connectivity index (χ0v) is 28.9. The SMILES string of the molecule is Cc1cc(Oc2cc(C3=N[C@@H]4CCc5c(C)cccc5[C@@H]4O3)cc(-c3ccccc3)c2)cc(N2c3ccccc3C(C)(C)c3cccnc32)c1. The van der Waals surface area contributed by atoms with Crippen molar-refractivity contribution in [2.45, 2.75) is 58.1 Å². The molecule has 0 saturated heterocycles. The highest BCUT2D eigenvalue weighted by molar-refractivity contribution is 5.97. The van der Waals surface area contributed by atoms with Crippen LogP contribution < -0.4 is 9.64 Å². The van der Waals surface area contributed by atoms with Gasteiger partial charge in [-0.25, -0.2) is 9.98 Å². The van der Waals surface area contributed by atoms with Crippen LogP contribution in [0.25, 0.3) is 11.1 Å². The van der Waals surface area contributed by atoms with Gasteiger partial charge in [-0.2, -0.15) is 0 Å². The summed E-state index contributed by atoms with van der Waals surface area (Å²) in [6, 6.07) is 42.7. The molecule has 9 rings (SSSR count). The van der Waals surface area contributed by atoms with Crippen molar-refractivity contribution in [3.63, 3.8) is 0 Å². The highest BCUT2D eigenvalue weighted by Crippen LogP contribution is 2.51. The highest BCUT2D eigenvalue weighted by atomic mass is 16.5. The third-order valence-corrected chi connectivity index (χ3v) is 10.6. The molecule has 2 atom stereocenters. The molecule has 1 aromatic heterocycles. The first-order valence-electron chi connectivity index (χ1n) is 17.5. The lowest BCUT2D eigenvalue weighted by Crippen LogP contribution is -2.31. The van der Waals surface area contributed by atoms with Gasteiger partial charge in [0.05, 0.1) is 17.4 Å². The number of rotatable bonds is 5. The molecule has 3 aliphatic rings. The minimum Gasteiger partial charge on any atom is -0.467 e. The molecular formula is C45H39N3O2. The largest absolute Gasteiger partial charge is 0.467 e. The summed E-state index contributed by atoms with van der Waals surface area (Å²) in [6.07, 6.45) is 3.82. The summed E-state index contributed by atoms with van der Waals surface area (Å²) in [5.41, 5.74) is 12.6. The number of aromatic nitrogens is 1. The molecule has 0 radical (unpaired) electrons. The van der Waals surface area contributed by atoms with Gasteiger partial charge < -0.3 is 9.47 Å². The van der Waals surface area contributed by atoms with Gasteiger partial charge in [0.1, 0.15) is 23.4 Å². The zero-order chi connectivity index (χ0) is 34.0. The number of hydrogen-bond acceptors (Lipinski definition) is 5. The van der Waals surface area contributed by atoms with Crippen LogP contribution in [0.5, 0.6) is 11.5 Å². The Hall–Kier alpha value is -5.68. The molecule has 0 N–H and O–H groups in total. The summed E-state index contributed by atoms with van der Waals surface area (Å²) < 4.78 is 13.5. The van der Waals surface area contributed by atoms with E-state index in [1.807, 2.05) is 18.3 Å². The molecule has 0 amide bonds. The van der Waals surface area contributed by atoms with Gasteiger partial charge in [0, 0.05) is 28.8 Å². The molecule has 246 valence electrons. The van der Waals surface area contributed by atoms with Crippen molar-refractivity contribution in [1.82, 2.24) is 4.98 Å². The standard InChI is InChI=1S/C45H39N3O2/c1-28-22-33(48-41-18-9-8-16-38(41)45(3,4)39-17-11-21-46-43(39)48)27-34(23-28)49-35-25-31(30-13-6-5-7-14-30)24-32(26-35)44-47-40-20-19-36-29(2)12-10-15-37(36)42(40)50-44/h5-18,21-27,40,42H,19-20H2,1-4H3/t40-,42+/m1/s1. The number of hydrogen-bond donors (Lipinski definition) is 0. The number of aliphatic imine (C=N–C) groups is 1. The lowest BCUT2D eigenvalue weighted by atomic mass is 9.74. The predicted molar refractivity (Wildman–Crippen MR) is 201 cm³/mol. The molecule has 5 aromatic carbocycles. The topological polar surface area (TPSA) is 47.0 Å². The fourth-order valence-corrected chi connectivity index (χ4v) is 8.11. The maximum atomic E-state index is 6.80. The number of para-hydroxylation sites is 1. The number of anilines is 3. The second kappa shape index (κ2) is 11.7. The Morgan fingerprint density at radius 3 is 2.40 bits per heavy atom. The van der Waals surface area contributed by atoms with Gasteiger partial charge in [0.25, 0.3) is 0 Å². The predicted octanol–water partition coefficient (Wildman–Crippen LogP) is 11.1. The van der Waals surface area contributed by atoms with Crippen molar-refractivity contribution in [2.75, 3.05) is 4.90 Å². The molecule has 50 heavy (non-hydrogen) atoms. The quantitative estimate of drug-likeness (QED) is 0.186. The molecule has 0 spiro atoms. The van der Waals surface area contributed by atoms with Crippen LogP contribution in [0, 0.1) is 13.8 Å². The monoisotopic (exact) mass is 653 g/mol. The second-order valence-corrected chi connectivity index (χ2v) is 14.3. The third kappa shape index (κ3) is 5.08. The van der Waals surface area contributed by atoms with Crippen molar-refractivity contribution >= 4 is 23.1 Å². The lowest BCUT2D eigenvalue weighted by molar-refractivity contribution is 0.182. The molecule has 5 nitrogen and oxygen atoms in total. The first-order chi connectivity index (χ1) is 24.3. The molecular weight excluding hydrogens is 615 g/mol. The minimum absolute atomic E-state index is 0.0633. The first-order valence-corrected chi connectivity index (χ1v) is 17.5. The van der Waals surface area contributed by atoms with Gasteiger partial charge in [-0.1, -0.05) is 86.6 Å². The Morgan fingerprint density at radius 1 is 0.740 bits per heavy atom. The van der Waals surface area contributed by atoms with Crippen LogP contribution in [0.2, 0.25) is 0 Å². The fourth-order valence-electron chi connectivity index (χ4n) is 8.11. The summed E-state index contributed by atoms with van der Waals surface area (Å²) >= 11 is 0. The number of pyridine rings is 1. The summed E-state index contributed by atoms with van der Waals surface area (Å²) in [4.78, 5) is 12.4. The smallest absolute Gasteiger partial charge is 0.217 e. The minimum atomic E-state index is -0.183. The Labute approximate surface area is 293 Å². The molecule has 2 aliphatic heterocycles. The lowest BCUT2D eigenvalue weighted by Gasteiger charge is -2.41. The van der Waals surface area contributed by atoms with Crippen LogP contribution in [0.1, 0.15) is 65.3 Å². The van der Waals surface area contributed by atoms with Crippen molar-refractivity contribution < 1.29 is 9.47 Å². The molecule has 6 aromatic rings. The average molecular weight is 654 g/mol. The summed E-state index contributed by atoms with van der Waals surface area (Å²) in [5.74, 6) is 3.10. The van der Waals surface area contributed by atoms with Gasteiger partial charge in [-0.3, -0.25) is 4.90 Å². The summed E-state index contributed by atoms with van der Waals surface area (Å²) in [5, 5.41) is 0. The summed E-state index contributed by atoms with van der Waals surface area (Å²) in [6.45, 7) is 8.86. The van der Waals surface area contributed by atoms with E-state index in [0.29, 0.717) is 5.90 Å². The number of ether oxygens (including phenoxy) is 2. The van der Waals surface area contributed by atoms with E-state index in [4.69, 9.17) is 19.5 Å². The van der Waals surface area contributed by atoms with E-state index >= 15 is 0 Å². The van der Waals surface area contributed by atoms with Gasteiger partial charge in [-0.05, 0) is 108 Å². The fraction of sp³-hybridized carbons (Fsp3) is 0.200. The highest BCUT2D eigenvalue weighted by Gasteiger charge is 2.39. The summed E-state index contributed by atoms with van der Waals surface area (Å²) in [7, 11) is 0. The maximum Gasteiger partial charge on any atom is 0.217 e. The number of benzene rings is 5. The van der Waals surface area contributed by atoms with Crippen molar-refractivity contribution in [3.8, 4) is 22.6 Å². The normalized spacial score (nSPS) is 18.2. The molecule has 1 aliphatic carbocycles. The van der Waals surface area contributed by atoms with Gasteiger partial charge in [0.15, 0.2) is 0 Å². The number of aryl methyl sites for hydroxylation is 2. The molecule has 5 heteroatoms. The zero-order valence-electron chi connectivity index (χ0n) is 28.9. The van der Waals surface area contributed by atoms with Crippen LogP contribution in [0.15, 0.2) is 133 Å². The maximum absolute atomic E-state index is 6.80. The van der Waals surface area contributed by atoms with Gasteiger partial charge in [0.2, 0.25) is 5.90 Å². The van der Waals surface area contributed by atoms with E-state index < -0.39 is 0 Å². The Kier molecular flexibility index (Phi) is 7.13. The van der Waals surface area contributed by atoms with Crippen LogP contribution in [0.3, 0.4) is 0 Å². The Balaban J connectivity index is 1.11. The van der Waals surface area contributed by atoms with Crippen LogP contribution in [0.4, 0.5) is 17.2 Å². The Morgan fingerprint density at radius 2 is 1.52 bits per heavy atom. The number of fused-ring (bicyclic) bond motifs is 5. The van der Waals surface area contributed by atoms with Crippen LogP contribution in [-0.2, 0) is 16.6 Å². The molecule has 0 fully saturated rings. The molecule has 0 bridgehead atoms. The van der Waals surface area contributed by atoms with Crippen LogP contribution >= 0.6 is 0 Å². The van der Waals surface area contributed by atoms with Crippen molar-refractivity contribution in [3.05, 3.63) is 166 Å². The van der Waals surface area contributed by atoms with Crippen LogP contribution in [-0.4, -0.2) is 16.9 Å². The van der Waals surface area contributed by atoms with E-state index in [9.17, 15) is 0 Å². The van der Waals surface area contributed by atoms with E-state index in [2.05, 4.69) is 142 Å². The van der Waals surface area contributed by atoms with Crippen molar-refractivity contribution in [2.24, 2.45) is 4.99 Å². The first kappa shape index (κ1) is 30.4. The van der Waals surface area contributed by atoms with E-state index in [-0.39, 0.29) is 17.6 Å². The second-order valence-electron chi connectivity index (χ2n) is 14.3. The average Bonchev–Trinajstić information content (AvgIpc) is 3.58. The van der Waals surface area contributed by atoms with Crippen molar-refractivity contribution in [1.29, 1.82) is 0 Å². The third-order valence-electron chi connectivity index (χ3n) is 10.6. The van der Waals surface area contributed by atoms with E-state index in [0.717, 1.165) is 63.8 Å². The molecule has 0 saturated carbocycles.